The molecule has 0 spiro atoms. The molecule has 1 N–H and O–H groups in total. The molecule has 0 atom stereocenters. The number of aliphatic carboxylic acids is 1. The normalized spacial score (nSPS) is 11.7. The summed E-state index contributed by atoms with van der Waals surface area (Å²) in [4.78, 5) is 10.5. The molecule has 2 aromatic rings. The van der Waals surface area contributed by atoms with Gasteiger partial charge in [-0.1, -0.05) is 12.1 Å². The number of carboxylic acid groups (broad SMARTS) is 1. The number of ether oxygens (including phenoxy) is 1. The molecule has 114 valence electrons. The number of carboxylic acids is 1. The van der Waals surface area contributed by atoms with Crippen LogP contribution in [-0.4, -0.2) is 39.0 Å². The van der Waals surface area contributed by atoms with E-state index >= 15 is 0 Å². The van der Waals surface area contributed by atoms with Gasteiger partial charge in [0.15, 0.2) is 17.9 Å². The summed E-state index contributed by atoms with van der Waals surface area (Å²) >= 11 is 0. The summed E-state index contributed by atoms with van der Waals surface area (Å²) in [6.07, 6.45) is 2.81. The minimum atomic E-state index is -3.48. The molecule has 2 rings (SSSR count). The highest BCUT2D eigenvalue weighted by molar-refractivity contribution is 7.85. The van der Waals surface area contributed by atoms with Gasteiger partial charge in [0, 0.05) is 17.4 Å². The second kappa shape index (κ2) is 6.15. The molecule has 7 nitrogen and oxygen atoms in total. The summed E-state index contributed by atoms with van der Waals surface area (Å²) in [6.45, 7) is -0.458. The fourth-order valence-electron chi connectivity index (χ4n) is 1.83. The molecule has 0 aliphatic heterocycles. The molecule has 8 heteroatoms. The van der Waals surface area contributed by atoms with E-state index in [0.29, 0.717) is 17.8 Å². The standard InChI is InChI=1S/C13H14O7S/c1-21(16,17)20-6-5-9-7-19-13-10(9)3-2-4-11(13)18-8-12(14)15/h2-4,7H,5-6,8H2,1H3,(H,14,15). The fraction of sp³-hybridized carbons (Fsp3) is 0.308. The largest absolute Gasteiger partial charge is 0.479 e. The van der Waals surface area contributed by atoms with Gasteiger partial charge >= 0.3 is 5.97 Å². The van der Waals surface area contributed by atoms with E-state index in [2.05, 4.69) is 4.18 Å². The monoisotopic (exact) mass is 314 g/mol. The Morgan fingerprint density at radius 3 is 2.81 bits per heavy atom. The lowest BCUT2D eigenvalue weighted by Crippen LogP contribution is -2.09. The molecule has 1 aromatic heterocycles. The van der Waals surface area contributed by atoms with Crippen LogP contribution in [0.1, 0.15) is 5.56 Å². The molecule has 0 radical (unpaired) electrons. The van der Waals surface area contributed by atoms with Crippen LogP contribution in [0.3, 0.4) is 0 Å². The van der Waals surface area contributed by atoms with Crippen molar-refractivity contribution in [3.63, 3.8) is 0 Å². The van der Waals surface area contributed by atoms with E-state index < -0.39 is 22.7 Å². The van der Waals surface area contributed by atoms with Gasteiger partial charge in [0.1, 0.15) is 0 Å². The minimum absolute atomic E-state index is 0.00762. The molecule has 1 aromatic carbocycles. The van der Waals surface area contributed by atoms with Crippen LogP contribution in [0, 0.1) is 0 Å². The van der Waals surface area contributed by atoms with Crippen molar-refractivity contribution in [2.75, 3.05) is 19.5 Å². The van der Waals surface area contributed by atoms with Gasteiger partial charge in [-0.25, -0.2) is 4.79 Å². The number of furan rings is 1. The van der Waals surface area contributed by atoms with E-state index in [9.17, 15) is 13.2 Å². The van der Waals surface area contributed by atoms with Gasteiger partial charge in [-0.2, -0.15) is 8.42 Å². The van der Waals surface area contributed by atoms with Crippen molar-refractivity contribution in [3.05, 3.63) is 30.0 Å². The van der Waals surface area contributed by atoms with Crippen molar-refractivity contribution in [1.29, 1.82) is 0 Å². The maximum atomic E-state index is 10.9. The molecule has 1 heterocycles. The van der Waals surface area contributed by atoms with Crippen molar-refractivity contribution in [3.8, 4) is 5.75 Å². The zero-order valence-corrected chi connectivity index (χ0v) is 12.1. The van der Waals surface area contributed by atoms with Crippen LogP contribution >= 0.6 is 0 Å². The number of rotatable bonds is 7. The molecular weight excluding hydrogens is 300 g/mol. The summed E-state index contributed by atoms with van der Waals surface area (Å²) in [7, 11) is -3.48. The van der Waals surface area contributed by atoms with Crippen LogP contribution in [0.2, 0.25) is 0 Å². The summed E-state index contributed by atoms with van der Waals surface area (Å²) < 4.78 is 37.0. The van der Waals surface area contributed by atoms with Crippen molar-refractivity contribution >= 4 is 27.1 Å². The van der Waals surface area contributed by atoms with Crippen molar-refractivity contribution < 1.29 is 31.7 Å². The minimum Gasteiger partial charge on any atom is -0.479 e. The van der Waals surface area contributed by atoms with Crippen molar-refractivity contribution in [1.82, 2.24) is 0 Å². The second-order valence-corrected chi connectivity index (χ2v) is 6.00. The highest BCUT2D eigenvalue weighted by atomic mass is 32.2. The third-order valence-corrected chi connectivity index (χ3v) is 3.26. The SMILES string of the molecule is CS(=O)(=O)OCCc1coc2c(OCC(=O)O)cccc12. The number of hydrogen-bond acceptors (Lipinski definition) is 6. The van der Waals surface area contributed by atoms with Crippen molar-refractivity contribution in [2.45, 2.75) is 6.42 Å². The average Bonchev–Trinajstić information content (AvgIpc) is 2.79. The summed E-state index contributed by atoms with van der Waals surface area (Å²) in [5, 5.41) is 9.35. The first-order valence-electron chi connectivity index (χ1n) is 6.05. The number of fused-ring (bicyclic) bond motifs is 1. The summed E-state index contributed by atoms with van der Waals surface area (Å²) in [5.41, 5.74) is 1.18. The Morgan fingerprint density at radius 1 is 1.38 bits per heavy atom. The third-order valence-electron chi connectivity index (χ3n) is 2.66. The maximum absolute atomic E-state index is 10.9. The van der Waals surface area contributed by atoms with Crippen LogP contribution < -0.4 is 4.74 Å². The highest BCUT2D eigenvalue weighted by Crippen LogP contribution is 2.30. The Balaban J connectivity index is 2.16. The topological polar surface area (TPSA) is 103 Å². The van der Waals surface area contributed by atoms with Gasteiger partial charge in [-0.15, -0.1) is 0 Å². The average molecular weight is 314 g/mol. The molecule has 21 heavy (non-hydrogen) atoms. The third kappa shape index (κ3) is 4.20. The van der Waals surface area contributed by atoms with E-state index in [1.54, 1.807) is 18.2 Å². The van der Waals surface area contributed by atoms with E-state index in [-0.39, 0.29) is 6.61 Å². The van der Waals surface area contributed by atoms with Crippen molar-refractivity contribution in [2.24, 2.45) is 0 Å². The Kier molecular flexibility index (Phi) is 4.49. The molecule has 0 bridgehead atoms. The molecular formula is C13H14O7S. The molecule has 0 saturated carbocycles. The first kappa shape index (κ1) is 15.3. The lowest BCUT2D eigenvalue weighted by atomic mass is 10.1. The predicted molar refractivity (Wildman–Crippen MR) is 73.8 cm³/mol. The number of carbonyl (C=O) groups is 1. The lowest BCUT2D eigenvalue weighted by molar-refractivity contribution is -0.139. The van der Waals surface area contributed by atoms with Gasteiger partial charge in [0.05, 0.1) is 19.1 Å². The van der Waals surface area contributed by atoms with E-state index in [1.165, 1.54) is 6.26 Å². The first-order chi connectivity index (χ1) is 9.87. The zero-order chi connectivity index (χ0) is 15.5. The molecule has 0 saturated heterocycles. The highest BCUT2D eigenvalue weighted by Gasteiger charge is 2.12. The fourth-order valence-corrected chi connectivity index (χ4v) is 2.22. The van der Waals surface area contributed by atoms with Gasteiger partial charge in [-0.05, 0) is 6.07 Å². The van der Waals surface area contributed by atoms with Crippen LogP contribution in [0.4, 0.5) is 0 Å². The molecule has 0 aliphatic rings. The number of hydrogen-bond donors (Lipinski definition) is 1. The van der Waals surface area contributed by atoms with Gasteiger partial charge in [-0.3, -0.25) is 4.18 Å². The predicted octanol–water partition coefficient (Wildman–Crippen LogP) is 1.41. The van der Waals surface area contributed by atoms with Gasteiger partial charge in [0.2, 0.25) is 0 Å². The summed E-state index contributed by atoms with van der Waals surface area (Å²) in [6, 6.07) is 5.09. The smallest absolute Gasteiger partial charge is 0.341 e. The summed E-state index contributed by atoms with van der Waals surface area (Å²) in [5.74, 6) is -0.759. The molecule has 0 aliphatic carbocycles. The van der Waals surface area contributed by atoms with E-state index in [0.717, 1.165) is 17.2 Å². The van der Waals surface area contributed by atoms with Gasteiger partial charge in [0.25, 0.3) is 10.1 Å². The Morgan fingerprint density at radius 2 is 2.14 bits per heavy atom. The Bertz CT molecular complexity index is 745. The van der Waals surface area contributed by atoms with E-state index in [1.807, 2.05) is 0 Å². The van der Waals surface area contributed by atoms with Gasteiger partial charge < -0.3 is 14.3 Å². The maximum Gasteiger partial charge on any atom is 0.341 e. The second-order valence-electron chi connectivity index (χ2n) is 4.35. The van der Waals surface area contributed by atoms with E-state index in [4.69, 9.17) is 14.3 Å². The van der Waals surface area contributed by atoms with Crippen LogP contribution in [-0.2, 0) is 25.5 Å². The lowest BCUT2D eigenvalue weighted by Gasteiger charge is -2.03. The Labute approximate surface area is 121 Å². The van der Waals surface area contributed by atoms with Crippen LogP contribution in [0.25, 0.3) is 11.0 Å². The Hall–Kier alpha value is -2.06. The zero-order valence-electron chi connectivity index (χ0n) is 11.2. The van der Waals surface area contributed by atoms with Crippen LogP contribution in [0.5, 0.6) is 5.75 Å². The number of para-hydroxylation sites is 1. The molecule has 0 fully saturated rings. The quantitative estimate of drug-likeness (QED) is 0.771. The molecule has 0 unspecified atom stereocenters. The first-order valence-corrected chi connectivity index (χ1v) is 7.86. The van der Waals surface area contributed by atoms with Crippen LogP contribution in [0.15, 0.2) is 28.9 Å². The molecule has 0 amide bonds. The number of benzene rings is 1.